The average molecular weight is 322 g/mol. The van der Waals surface area contributed by atoms with Crippen LogP contribution in [0.15, 0.2) is 65.1 Å². The number of ether oxygens (including phenoxy) is 1. The first-order valence-corrected chi connectivity index (χ1v) is 7.69. The Hall–Kier alpha value is -3.08. The molecule has 0 spiro atoms. The zero-order chi connectivity index (χ0) is 16.8. The van der Waals surface area contributed by atoms with Gasteiger partial charge in [0.05, 0.1) is 6.54 Å². The zero-order valence-electron chi connectivity index (χ0n) is 13.4. The molecule has 0 bridgehead atoms. The summed E-state index contributed by atoms with van der Waals surface area (Å²) in [6, 6.07) is 17.0. The van der Waals surface area contributed by atoms with Gasteiger partial charge in [0.1, 0.15) is 17.9 Å². The summed E-state index contributed by atoms with van der Waals surface area (Å²) < 4.78 is 11.1. The summed E-state index contributed by atoms with van der Waals surface area (Å²) in [4.78, 5) is 18.0. The average Bonchev–Trinajstić information content (AvgIpc) is 3.03. The Bertz CT molecular complexity index is 807. The van der Waals surface area contributed by atoms with E-state index < -0.39 is 0 Å². The second-order valence-electron chi connectivity index (χ2n) is 5.27. The summed E-state index contributed by atoms with van der Waals surface area (Å²) in [5.41, 5.74) is 1.48. The Morgan fingerprint density at radius 2 is 1.92 bits per heavy atom. The highest BCUT2D eigenvalue weighted by Crippen LogP contribution is 2.15. The predicted octanol–water partition coefficient (Wildman–Crippen LogP) is 3.38. The fourth-order valence-electron chi connectivity index (χ4n) is 2.16. The van der Waals surface area contributed by atoms with Crippen LogP contribution in [0.1, 0.15) is 5.89 Å². The number of nitrogens with zero attached hydrogens (tertiary/aromatic N) is 2. The van der Waals surface area contributed by atoms with Gasteiger partial charge in [0.15, 0.2) is 5.58 Å². The van der Waals surface area contributed by atoms with Crippen LogP contribution in [0.3, 0.4) is 0 Å². The van der Waals surface area contributed by atoms with Crippen molar-refractivity contribution in [1.82, 2.24) is 9.88 Å². The fourth-order valence-corrected chi connectivity index (χ4v) is 2.16. The Morgan fingerprint density at radius 3 is 2.71 bits per heavy atom. The second-order valence-corrected chi connectivity index (χ2v) is 5.27. The maximum atomic E-state index is 12.1. The van der Waals surface area contributed by atoms with Crippen LogP contribution in [0, 0.1) is 0 Å². The third-order valence-corrected chi connectivity index (χ3v) is 3.49. The Balaban J connectivity index is 1.51. The monoisotopic (exact) mass is 322 g/mol. The van der Waals surface area contributed by atoms with Crippen molar-refractivity contribution in [1.29, 1.82) is 0 Å². The summed E-state index contributed by atoms with van der Waals surface area (Å²) in [6.45, 7) is 0.925. The third kappa shape index (κ3) is 4.01. The molecular formula is C19H18N2O3. The number of carbonyl (C=O) groups is 1. The topological polar surface area (TPSA) is 55.6 Å². The normalized spacial score (nSPS) is 11.0. The van der Waals surface area contributed by atoms with Crippen molar-refractivity contribution in [3.8, 4) is 5.75 Å². The molecule has 5 heteroatoms. The lowest BCUT2D eigenvalue weighted by Gasteiger charge is -2.15. The van der Waals surface area contributed by atoms with Gasteiger partial charge in [-0.1, -0.05) is 30.3 Å². The van der Waals surface area contributed by atoms with E-state index in [1.807, 2.05) is 54.6 Å². The van der Waals surface area contributed by atoms with Gasteiger partial charge in [-0.25, -0.2) is 4.98 Å². The van der Waals surface area contributed by atoms with E-state index in [1.165, 1.54) is 6.08 Å². The first-order valence-electron chi connectivity index (χ1n) is 7.69. The van der Waals surface area contributed by atoms with Gasteiger partial charge < -0.3 is 14.1 Å². The molecule has 5 nitrogen and oxygen atoms in total. The molecule has 1 aromatic heterocycles. The van der Waals surface area contributed by atoms with Crippen LogP contribution in [0.4, 0.5) is 0 Å². The number of hydrogen-bond donors (Lipinski definition) is 0. The van der Waals surface area contributed by atoms with Crippen LogP contribution in [-0.2, 0) is 4.79 Å². The molecule has 2 aromatic carbocycles. The lowest BCUT2D eigenvalue weighted by molar-refractivity contribution is -0.125. The van der Waals surface area contributed by atoms with Crippen molar-refractivity contribution in [2.24, 2.45) is 0 Å². The highest BCUT2D eigenvalue weighted by Gasteiger charge is 2.06. The SMILES string of the molecule is CN(CCOc1ccccc1)C(=O)/C=C/c1nc2ccccc2o1. The molecule has 0 radical (unpaired) electrons. The lowest BCUT2D eigenvalue weighted by atomic mass is 10.3. The molecule has 0 saturated heterocycles. The molecule has 122 valence electrons. The van der Waals surface area contributed by atoms with Crippen LogP contribution in [-0.4, -0.2) is 36.0 Å². The molecule has 1 amide bonds. The van der Waals surface area contributed by atoms with Crippen LogP contribution >= 0.6 is 0 Å². The summed E-state index contributed by atoms with van der Waals surface area (Å²) >= 11 is 0. The van der Waals surface area contributed by atoms with Crippen molar-refractivity contribution in [2.75, 3.05) is 20.2 Å². The maximum Gasteiger partial charge on any atom is 0.246 e. The van der Waals surface area contributed by atoms with E-state index in [2.05, 4.69) is 4.98 Å². The summed E-state index contributed by atoms with van der Waals surface area (Å²) in [5, 5.41) is 0. The van der Waals surface area contributed by atoms with Gasteiger partial charge in [-0.05, 0) is 24.3 Å². The van der Waals surface area contributed by atoms with Gasteiger partial charge in [0, 0.05) is 19.2 Å². The summed E-state index contributed by atoms with van der Waals surface area (Å²) in [6.07, 6.45) is 3.03. The Morgan fingerprint density at radius 1 is 1.17 bits per heavy atom. The maximum absolute atomic E-state index is 12.1. The number of para-hydroxylation sites is 3. The number of likely N-dealkylation sites (N-methyl/N-ethyl adjacent to an activating group) is 1. The minimum atomic E-state index is -0.131. The van der Waals surface area contributed by atoms with Crippen molar-refractivity contribution in [3.63, 3.8) is 0 Å². The molecule has 0 unspecified atom stereocenters. The largest absolute Gasteiger partial charge is 0.492 e. The second kappa shape index (κ2) is 7.46. The molecule has 0 N–H and O–H groups in total. The molecule has 0 aliphatic heterocycles. The van der Waals surface area contributed by atoms with Crippen molar-refractivity contribution >= 4 is 23.1 Å². The summed E-state index contributed by atoms with van der Waals surface area (Å²) in [5.74, 6) is 1.08. The van der Waals surface area contributed by atoms with Gasteiger partial charge in [0.2, 0.25) is 11.8 Å². The number of rotatable bonds is 6. The molecule has 24 heavy (non-hydrogen) atoms. The molecule has 0 aliphatic carbocycles. The minimum Gasteiger partial charge on any atom is -0.492 e. The van der Waals surface area contributed by atoms with E-state index in [4.69, 9.17) is 9.15 Å². The van der Waals surface area contributed by atoms with Gasteiger partial charge in [-0.2, -0.15) is 0 Å². The van der Waals surface area contributed by atoms with Gasteiger partial charge in [0.25, 0.3) is 0 Å². The Labute approximate surface area is 140 Å². The zero-order valence-corrected chi connectivity index (χ0v) is 13.4. The minimum absolute atomic E-state index is 0.131. The van der Waals surface area contributed by atoms with E-state index in [0.717, 1.165) is 11.3 Å². The highest BCUT2D eigenvalue weighted by molar-refractivity contribution is 5.91. The number of carbonyl (C=O) groups excluding carboxylic acids is 1. The van der Waals surface area contributed by atoms with E-state index in [-0.39, 0.29) is 5.91 Å². The fraction of sp³-hybridized carbons (Fsp3) is 0.158. The van der Waals surface area contributed by atoms with Crippen LogP contribution in [0.25, 0.3) is 17.2 Å². The van der Waals surface area contributed by atoms with Crippen molar-refractivity contribution in [3.05, 3.63) is 66.6 Å². The first-order chi connectivity index (χ1) is 11.7. The third-order valence-electron chi connectivity index (χ3n) is 3.49. The van der Waals surface area contributed by atoms with E-state index in [9.17, 15) is 4.79 Å². The molecule has 0 saturated carbocycles. The quantitative estimate of drug-likeness (QED) is 0.653. The first kappa shape index (κ1) is 15.8. The molecule has 0 atom stereocenters. The van der Waals surface area contributed by atoms with Crippen LogP contribution in [0.2, 0.25) is 0 Å². The summed E-state index contributed by atoms with van der Waals surface area (Å²) in [7, 11) is 1.73. The Kier molecular flexibility index (Phi) is 4.91. The van der Waals surface area contributed by atoms with Gasteiger partial charge in [-0.15, -0.1) is 0 Å². The molecule has 0 aliphatic rings. The molecule has 1 heterocycles. The van der Waals surface area contributed by atoms with Crippen LogP contribution in [0.5, 0.6) is 5.75 Å². The molecular weight excluding hydrogens is 304 g/mol. The highest BCUT2D eigenvalue weighted by atomic mass is 16.5. The van der Waals surface area contributed by atoms with Crippen molar-refractivity contribution in [2.45, 2.75) is 0 Å². The molecule has 3 aromatic rings. The van der Waals surface area contributed by atoms with Gasteiger partial charge in [-0.3, -0.25) is 4.79 Å². The predicted molar refractivity (Wildman–Crippen MR) is 92.6 cm³/mol. The van der Waals surface area contributed by atoms with E-state index in [1.54, 1.807) is 18.0 Å². The number of fused-ring (bicyclic) bond motifs is 1. The number of oxazole rings is 1. The van der Waals surface area contributed by atoms with E-state index in [0.29, 0.717) is 24.6 Å². The lowest BCUT2D eigenvalue weighted by Crippen LogP contribution is -2.29. The standard InChI is InChI=1S/C19H18N2O3/c1-21(13-14-23-15-7-3-2-4-8-15)19(22)12-11-18-20-16-9-5-6-10-17(16)24-18/h2-12H,13-14H2,1H3/b12-11+. The van der Waals surface area contributed by atoms with Crippen molar-refractivity contribution < 1.29 is 13.9 Å². The number of amides is 1. The number of aromatic nitrogens is 1. The van der Waals surface area contributed by atoms with Crippen LogP contribution < -0.4 is 4.74 Å². The molecule has 0 fully saturated rings. The number of benzene rings is 2. The smallest absolute Gasteiger partial charge is 0.246 e. The molecule has 3 rings (SSSR count). The van der Waals surface area contributed by atoms with E-state index >= 15 is 0 Å². The van der Waals surface area contributed by atoms with Gasteiger partial charge >= 0.3 is 0 Å². The number of hydrogen-bond acceptors (Lipinski definition) is 4.